The number of ether oxygens (including phenoxy) is 1. The lowest BCUT2D eigenvalue weighted by atomic mass is 9.88. The van der Waals surface area contributed by atoms with Gasteiger partial charge in [-0.3, -0.25) is 9.78 Å². The monoisotopic (exact) mass is 469 g/mol. The third kappa shape index (κ3) is 5.42. The van der Waals surface area contributed by atoms with Crippen molar-refractivity contribution < 1.29 is 22.7 Å². The molecule has 2 aromatic rings. The number of pyridine rings is 1. The van der Waals surface area contributed by atoms with Crippen molar-refractivity contribution >= 4 is 24.0 Å². The summed E-state index contributed by atoms with van der Waals surface area (Å²) >= 11 is 0. The number of likely N-dealkylation sites (tertiary alicyclic amines) is 1. The molecule has 32 heavy (non-hydrogen) atoms. The zero-order chi connectivity index (χ0) is 22.1. The van der Waals surface area contributed by atoms with E-state index in [1.54, 1.807) is 6.92 Å². The molecule has 1 aromatic heterocycles. The SMILES string of the molecule is CC1OC2(CCN(CCc3cc(C(F)(F)F)ccn3)CC2)CN(c2ccccc2)C1=O.Cl. The molecule has 2 aliphatic rings. The highest BCUT2D eigenvalue weighted by atomic mass is 35.5. The number of rotatable bonds is 4. The van der Waals surface area contributed by atoms with Crippen LogP contribution in [0.25, 0.3) is 0 Å². The molecule has 1 amide bonds. The van der Waals surface area contributed by atoms with Crippen molar-refractivity contribution in [2.24, 2.45) is 0 Å². The van der Waals surface area contributed by atoms with Gasteiger partial charge in [-0.25, -0.2) is 0 Å². The van der Waals surface area contributed by atoms with E-state index in [0.29, 0.717) is 25.2 Å². The second-order valence-electron chi connectivity index (χ2n) is 8.33. The Morgan fingerprint density at radius 3 is 2.50 bits per heavy atom. The Labute approximate surface area is 192 Å². The Bertz CT molecular complexity index is 918. The predicted octanol–water partition coefficient (Wildman–Crippen LogP) is 4.35. The van der Waals surface area contributed by atoms with Gasteiger partial charge in [-0.15, -0.1) is 12.4 Å². The van der Waals surface area contributed by atoms with Crippen LogP contribution in [0.4, 0.5) is 18.9 Å². The highest BCUT2D eigenvalue weighted by molar-refractivity contribution is 5.97. The zero-order valence-electron chi connectivity index (χ0n) is 17.8. The van der Waals surface area contributed by atoms with Crippen LogP contribution >= 0.6 is 12.4 Å². The van der Waals surface area contributed by atoms with Crippen LogP contribution in [-0.4, -0.2) is 53.7 Å². The Hall–Kier alpha value is -2.16. The molecule has 5 nitrogen and oxygen atoms in total. The molecule has 0 bridgehead atoms. The number of halogens is 4. The number of benzene rings is 1. The van der Waals surface area contributed by atoms with Crippen LogP contribution in [0.1, 0.15) is 31.0 Å². The second kappa shape index (κ2) is 9.77. The quantitative estimate of drug-likeness (QED) is 0.668. The molecule has 174 valence electrons. The van der Waals surface area contributed by atoms with Crippen LogP contribution in [-0.2, 0) is 22.1 Å². The Balaban J connectivity index is 0.00000289. The first-order valence-electron chi connectivity index (χ1n) is 10.5. The minimum Gasteiger partial charge on any atom is -0.360 e. The summed E-state index contributed by atoms with van der Waals surface area (Å²) in [4.78, 5) is 20.8. The van der Waals surface area contributed by atoms with E-state index in [-0.39, 0.29) is 18.3 Å². The van der Waals surface area contributed by atoms with Crippen molar-refractivity contribution in [1.82, 2.24) is 9.88 Å². The molecule has 4 rings (SSSR count). The van der Waals surface area contributed by atoms with Crippen LogP contribution in [0.15, 0.2) is 48.7 Å². The van der Waals surface area contributed by atoms with E-state index in [9.17, 15) is 18.0 Å². The Kier molecular flexibility index (Phi) is 7.47. The maximum absolute atomic E-state index is 12.9. The first-order valence-corrected chi connectivity index (χ1v) is 10.5. The lowest BCUT2D eigenvalue weighted by Crippen LogP contribution is -2.61. The van der Waals surface area contributed by atoms with Crippen LogP contribution < -0.4 is 4.90 Å². The number of amides is 1. The van der Waals surface area contributed by atoms with Gasteiger partial charge in [-0.1, -0.05) is 18.2 Å². The number of anilines is 1. The molecule has 2 fully saturated rings. The second-order valence-corrected chi connectivity index (χ2v) is 8.33. The number of aromatic nitrogens is 1. The van der Waals surface area contributed by atoms with Gasteiger partial charge in [0.2, 0.25) is 0 Å². The molecular formula is C23H27ClF3N3O2. The van der Waals surface area contributed by atoms with Gasteiger partial charge in [0.25, 0.3) is 5.91 Å². The van der Waals surface area contributed by atoms with E-state index >= 15 is 0 Å². The predicted molar refractivity (Wildman–Crippen MR) is 118 cm³/mol. The van der Waals surface area contributed by atoms with Crippen molar-refractivity contribution in [2.75, 3.05) is 31.1 Å². The van der Waals surface area contributed by atoms with Crippen LogP contribution in [0.2, 0.25) is 0 Å². The van der Waals surface area contributed by atoms with Crippen molar-refractivity contribution in [3.63, 3.8) is 0 Å². The molecule has 3 heterocycles. The summed E-state index contributed by atoms with van der Waals surface area (Å²) in [5, 5.41) is 0. The number of morpholine rings is 1. The summed E-state index contributed by atoms with van der Waals surface area (Å²) in [5.74, 6) is -0.0325. The topological polar surface area (TPSA) is 45.7 Å². The van der Waals surface area contributed by atoms with E-state index in [0.717, 1.165) is 43.8 Å². The molecule has 1 spiro atoms. The average Bonchev–Trinajstić information content (AvgIpc) is 2.76. The van der Waals surface area contributed by atoms with E-state index in [1.807, 2.05) is 35.2 Å². The fraction of sp³-hybridized carbons (Fsp3) is 0.478. The van der Waals surface area contributed by atoms with Gasteiger partial charge in [-0.2, -0.15) is 13.2 Å². The van der Waals surface area contributed by atoms with Crippen LogP contribution in [0.3, 0.4) is 0 Å². The van der Waals surface area contributed by atoms with Crippen molar-refractivity contribution in [3.05, 3.63) is 59.9 Å². The summed E-state index contributed by atoms with van der Waals surface area (Å²) in [7, 11) is 0. The number of hydrogen-bond donors (Lipinski definition) is 0. The molecule has 2 saturated heterocycles. The molecule has 0 saturated carbocycles. The van der Waals surface area contributed by atoms with Crippen LogP contribution in [0.5, 0.6) is 0 Å². The van der Waals surface area contributed by atoms with E-state index in [1.165, 1.54) is 6.20 Å². The number of nitrogens with zero attached hydrogens (tertiary/aromatic N) is 3. The van der Waals surface area contributed by atoms with Gasteiger partial charge in [0.05, 0.1) is 17.7 Å². The number of para-hydroxylation sites is 1. The van der Waals surface area contributed by atoms with Gasteiger partial charge in [-0.05, 0) is 44.0 Å². The van der Waals surface area contributed by atoms with Crippen molar-refractivity contribution in [3.8, 4) is 0 Å². The summed E-state index contributed by atoms with van der Waals surface area (Å²) in [5.41, 5.74) is 0.262. The maximum atomic E-state index is 12.9. The number of hydrogen-bond acceptors (Lipinski definition) is 4. The lowest BCUT2D eigenvalue weighted by Gasteiger charge is -2.49. The highest BCUT2D eigenvalue weighted by Crippen LogP contribution is 2.35. The number of alkyl halides is 3. The third-order valence-electron chi connectivity index (χ3n) is 6.15. The number of piperidine rings is 1. The van der Waals surface area contributed by atoms with Crippen molar-refractivity contribution in [1.29, 1.82) is 0 Å². The minimum atomic E-state index is -4.35. The zero-order valence-corrected chi connectivity index (χ0v) is 18.7. The molecule has 2 aliphatic heterocycles. The lowest BCUT2D eigenvalue weighted by molar-refractivity contribution is -0.161. The fourth-order valence-corrected chi connectivity index (χ4v) is 4.40. The van der Waals surface area contributed by atoms with E-state index < -0.39 is 23.4 Å². The van der Waals surface area contributed by atoms with Gasteiger partial charge < -0.3 is 14.5 Å². The highest BCUT2D eigenvalue weighted by Gasteiger charge is 2.45. The summed E-state index contributed by atoms with van der Waals surface area (Å²) < 4.78 is 44.9. The molecule has 9 heteroatoms. The van der Waals surface area contributed by atoms with Crippen molar-refractivity contribution in [2.45, 2.75) is 44.1 Å². The standard InChI is InChI=1S/C23H26F3N3O2.ClH/c1-17-21(30)29(20-5-3-2-4-6-20)16-22(31-17)9-13-28(14-10-22)12-8-19-15-18(7-11-27-19)23(24,25)26;/h2-7,11,15,17H,8-10,12-14,16H2,1H3;1H. The minimum absolute atomic E-state index is 0. The molecule has 1 aromatic carbocycles. The smallest absolute Gasteiger partial charge is 0.360 e. The fourth-order valence-electron chi connectivity index (χ4n) is 4.40. The summed E-state index contributed by atoms with van der Waals surface area (Å²) in [6, 6.07) is 11.7. The normalized spacial score (nSPS) is 21.4. The first-order chi connectivity index (χ1) is 14.8. The summed E-state index contributed by atoms with van der Waals surface area (Å²) in [6.45, 7) is 4.49. The first kappa shape index (κ1) is 24.5. The molecule has 0 radical (unpaired) electrons. The molecule has 1 unspecified atom stereocenters. The van der Waals surface area contributed by atoms with E-state index in [2.05, 4.69) is 9.88 Å². The summed E-state index contributed by atoms with van der Waals surface area (Å²) in [6.07, 6.45) is -1.64. The van der Waals surface area contributed by atoms with Gasteiger partial charge in [0.15, 0.2) is 0 Å². The molecule has 0 N–H and O–H groups in total. The van der Waals surface area contributed by atoms with E-state index in [4.69, 9.17) is 4.74 Å². The average molecular weight is 470 g/mol. The van der Waals surface area contributed by atoms with Gasteiger partial charge >= 0.3 is 6.18 Å². The van der Waals surface area contributed by atoms with Gasteiger partial charge in [0.1, 0.15) is 6.10 Å². The maximum Gasteiger partial charge on any atom is 0.416 e. The molecule has 1 atom stereocenters. The number of carbonyl (C=O) groups excluding carboxylic acids is 1. The third-order valence-corrected chi connectivity index (χ3v) is 6.15. The van der Waals surface area contributed by atoms with Gasteiger partial charge in [0, 0.05) is 43.6 Å². The molecular weight excluding hydrogens is 443 g/mol. The Morgan fingerprint density at radius 2 is 1.84 bits per heavy atom. The molecule has 0 aliphatic carbocycles. The largest absolute Gasteiger partial charge is 0.416 e. The van der Waals surface area contributed by atoms with Crippen LogP contribution in [0, 0.1) is 0 Å². The Morgan fingerprint density at radius 1 is 1.16 bits per heavy atom. The number of carbonyl (C=O) groups is 1.